The van der Waals surface area contributed by atoms with Gasteiger partial charge < -0.3 is 14.1 Å². The number of oxazole rings is 1. The van der Waals surface area contributed by atoms with Gasteiger partial charge in [0.05, 0.1) is 17.3 Å². The fraction of sp³-hybridized carbons (Fsp3) is 0.348. The van der Waals surface area contributed by atoms with Crippen molar-refractivity contribution in [3.8, 4) is 5.75 Å². The Balaban J connectivity index is 0.00000306. The number of ether oxygens (including phenoxy) is 1. The van der Waals surface area contributed by atoms with Crippen LogP contribution in [0.3, 0.4) is 0 Å². The van der Waals surface area contributed by atoms with Gasteiger partial charge in [0, 0.05) is 6.54 Å². The maximum absolute atomic E-state index is 13.4. The van der Waals surface area contributed by atoms with Crippen molar-refractivity contribution in [2.45, 2.75) is 19.9 Å². The number of thiazole rings is 1. The van der Waals surface area contributed by atoms with Crippen LogP contribution in [0, 0.1) is 6.92 Å². The molecule has 0 N–H and O–H groups in total. The number of nitrogens with zero attached hydrogens (tertiary/aromatic N) is 4. The van der Waals surface area contributed by atoms with Gasteiger partial charge in [0.15, 0.2) is 10.7 Å². The predicted molar refractivity (Wildman–Crippen MR) is 134 cm³/mol. The Morgan fingerprint density at radius 3 is 2.67 bits per heavy atom. The smallest absolute Gasteiger partial charge is 0.420 e. The van der Waals surface area contributed by atoms with E-state index >= 15 is 0 Å². The average Bonchev–Trinajstić information content (AvgIpc) is 3.34. The molecule has 10 heteroatoms. The van der Waals surface area contributed by atoms with Crippen LogP contribution >= 0.6 is 23.7 Å². The summed E-state index contributed by atoms with van der Waals surface area (Å²) in [5.41, 5.74) is 2.87. The third-order valence-electron chi connectivity index (χ3n) is 5.30. The van der Waals surface area contributed by atoms with E-state index in [1.165, 1.54) is 15.9 Å². The van der Waals surface area contributed by atoms with Crippen molar-refractivity contribution in [1.82, 2.24) is 14.5 Å². The van der Waals surface area contributed by atoms with E-state index < -0.39 is 5.76 Å². The highest BCUT2D eigenvalue weighted by molar-refractivity contribution is 7.22. The van der Waals surface area contributed by atoms with Crippen molar-refractivity contribution < 1.29 is 13.9 Å². The van der Waals surface area contributed by atoms with E-state index in [2.05, 4.69) is 4.90 Å². The highest BCUT2D eigenvalue weighted by Gasteiger charge is 2.23. The highest BCUT2D eigenvalue weighted by atomic mass is 35.5. The molecule has 0 saturated heterocycles. The molecule has 0 aliphatic heterocycles. The second-order valence-corrected chi connectivity index (χ2v) is 8.86. The van der Waals surface area contributed by atoms with E-state index in [9.17, 15) is 9.59 Å². The van der Waals surface area contributed by atoms with Crippen LogP contribution in [0.5, 0.6) is 5.75 Å². The number of hydrogen-bond acceptors (Lipinski definition) is 7. The number of methoxy groups -OCH3 is 1. The molecule has 0 radical (unpaired) electrons. The standard InChI is InChI=1S/C23H26N4O4S.ClH/c1-15-10-11-18(30-4)20-21(15)32-22(24-20)26(13-7-12-25(2)3)19(28)14-27-16-8-5-6-9-17(16)31-23(27)29;/h5-6,8-11H,7,12-14H2,1-4H3;1H. The van der Waals surface area contributed by atoms with E-state index in [1.54, 1.807) is 30.2 Å². The number of carbonyl (C=O) groups is 1. The van der Waals surface area contributed by atoms with E-state index in [-0.39, 0.29) is 24.9 Å². The van der Waals surface area contributed by atoms with Gasteiger partial charge in [0.1, 0.15) is 17.8 Å². The van der Waals surface area contributed by atoms with Crippen LogP contribution < -0.4 is 15.4 Å². The number of amides is 1. The molecule has 0 bridgehead atoms. The molecule has 0 spiro atoms. The Bertz CT molecular complexity index is 1330. The van der Waals surface area contributed by atoms with Crippen molar-refractivity contribution in [1.29, 1.82) is 0 Å². The second kappa shape index (κ2) is 10.4. The predicted octanol–water partition coefficient (Wildman–Crippen LogP) is 3.93. The van der Waals surface area contributed by atoms with Crippen LogP contribution in [-0.2, 0) is 11.3 Å². The molecule has 0 unspecified atom stereocenters. The maximum atomic E-state index is 13.4. The fourth-order valence-electron chi connectivity index (χ4n) is 3.63. The van der Waals surface area contributed by atoms with Gasteiger partial charge in [-0.3, -0.25) is 14.3 Å². The number of para-hydroxylation sites is 2. The third kappa shape index (κ3) is 5.05. The van der Waals surface area contributed by atoms with Crippen molar-refractivity contribution in [2.75, 3.05) is 39.2 Å². The van der Waals surface area contributed by atoms with E-state index in [1.807, 2.05) is 39.2 Å². The van der Waals surface area contributed by atoms with Gasteiger partial charge in [0.25, 0.3) is 0 Å². The number of aromatic nitrogens is 2. The summed E-state index contributed by atoms with van der Waals surface area (Å²) in [6.45, 7) is 3.21. The monoisotopic (exact) mass is 490 g/mol. The van der Waals surface area contributed by atoms with Crippen molar-refractivity contribution >= 4 is 56.1 Å². The number of fused-ring (bicyclic) bond motifs is 2. The zero-order valence-corrected chi connectivity index (χ0v) is 20.7. The first-order valence-corrected chi connectivity index (χ1v) is 11.2. The van der Waals surface area contributed by atoms with Crippen molar-refractivity contribution in [3.63, 3.8) is 0 Å². The summed E-state index contributed by atoms with van der Waals surface area (Å²) in [6, 6.07) is 11.0. The molecule has 0 aliphatic rings. The van der Waals surface area contributed by atoms with E-state index in [4.69, 9.17) is 14.1 Å². The molecule has 1 amide bonds. The molecule has 4 rings (SSSR count). The molecule has 0 fully saturated rings. The first-order chi connectivity index (χ1) is 15.4. The number of benzene rings is 2. The lowest BCUT2D eigenvalue weighted by Crippen LogP contribution is -2.37. The Labute approximate surface area is 201 Å². The number of halogens is 1. The summed E-state index contributed by atoms with van der Waals surface area (Å²) in [5.74, 6) is -0.0893. The topological polar surface area (TPSA) is 80.8 Å². The molecule has 2 aromatic carbocycles. The lowest BCUT2D eigenvalue weighted by atomic mass is 10.2. The van der Waals surface area contributed by atoms with Gasteiger partial charge in [0.2, 0.25) is 5.91 Å². The van der Waals surface area contributed by atoms with Crippen molar-refractivity contribution in [2.24, 2.45) is 0 Å². The van der Waals surface area contributed by atoms with E-state index in [0.29, 0.717) is 28.5 Å². The van der Waals surface area contributed by atoms with Gasteiger partial charge in [-0.15, -0.1) is 12.4 Å². The second-order valence-electron chi connectivity index (χ2n) is 7.88. The van der Waals surface area contributed by atoms with Crippen LogP contribution in [0.1, 0.15) is 12.0 Å². The van der Waals surface area contributed by atoms with Crippen LogP contribution in [0.25, 0.3) is 21.3 Å². The summed E-state index contributed by atoms with van der Waals surface area (Å²) in [6.07, 6.45) is 0.770. The zero-order valence-electron chi connectivity index (χ0n) is 19.0. The fourth-order valence-corrected chi connectivity index (χ4v) is 4.73. The van der Waals surface area contributed by atoms with Gasteiger partial charge in [-0.25, -0.2) is 9.78 Å². The first-order valence-electron chi connectivity index (χ1n) is 10.4. The Kier molecular flexibility index (Phi) is 7.78. The van der Waals surface area contributed by atoms with Gasteiger partial charge in [-0.1, -0.05) is 29.5 Å². The molecule has 0 atom stereocenters. The molecule has 0 saturated carbocycles. The molecule has 176 valence electrons. The number of carbonyl (C=O) groups excluding carboxylic acids is 1. The molecular formula is C23H27ClN4O4S. The number of hydrogen-bond donors (Lipinski definition) is 0. The number of rotatable bonds is 8. The molecule has 0 aliphatic carbocycles. The summed E-state index contributed by atoms with van der Waals surface area (Å²) >= 11 is 1.46. The maximum Gasteiger partial charge on any atom is 0.420 e. The van der Waals surface area contributed by atoms with Crippen LogP contribution in [-0.4, -0.2) is 54.7 Å². The number of aryl methyl sites for hydroxylation is 1. The molecule has 2 heterocycles. The van der Waals surface area contributed by atoms with Crippen LogP contribution in [0.4, 0.5) is 5.13 Å². The molecule has 8 nitrogen and oxygen atoms in total. The van der Waals surface area contributed by atoms with Crippen molar-refractivity contribution in [3.05, 3.63) is 52.5 Å². The van der Waals surface area contributed by atoms with Gasteiger partial charge >= 0.3 is 5.76 Å². The average molecular weight is 491 g/mol. The molecule has 33 heavy (non-hydrogen) atoms. The summed E-state index contributed by atoms with van der Waals surface area (Å²) < 4.78 is 13.1. The highest BCUT2D eigenvalue weighted by Crippen LogP contribution is 2.36. The minimum absolute atomic E-state index is 0. The normalized spacial score (nSPS) is 11.2. The zero-order chi connectivity index (χ0) is 22.8. The van der Waals surface area contributed by atoms with E-state index in [0.717, 1.165) is 28.7 Å². The molecule has 4 aromatic rings. The minimum atomic E-state index is -0.547. The Hall–Kier alpha value is -2.88. The van der Waals surface area contributed by atoms with Crippen LogP contribution in [0.15, 0.2) is 45.6 Å². The summed E-state index contributed by atoms with van der Waals surface area (Å²) in [4.78, 5) is 34.3. The third-order valence-corrected chi connectivity index (χ3v) is 6.51. The number of anilines is 1. The molecule has 2 aromatic heterocycles. The summed E-state index contributed by atoms with van der Waals surface area (Å²) in [5, 5.41) is 0.595. The summed E-state index contributed by atoms with van der Waals surface area (Å²) in [7, 11) is 5.60. The Morgan fingerprint density at radius 1 is 1.18 bits per heavy atom. The van der Waals surface area contributed by atoms with Gasteiger partial charge in [-0.2, -0.15) is 0 Å². The lowest BCUT2D eigenvalue weighted by Gasteiger charge is -2.21. The quantitative estimate of drug-likeness (QED) is 0.372. The Morgan fingerprint density at radius 2 is 1.94 bits per heavy atom. The first kappa shape index (κ1) is 24.8. The van der Waals surface area contributed by atoms with Gasteiger partial charge in [-0.05, 0) is 57.7 Å². The SMILES string of the molecule is COc1ccc(C)c2sc(N(CCCN(C)C)C(=O)Cn3c(=O)oc4ccccc43)nc12.Cl. The van der Waals surface area contributed by atoms with Crippen LogP contribution in [0.2, 0.25) is 0 Å². The molecular weight excluding hydrogens is 464 g/mol. The largest absolute Gasteiger partial charge is 0.494 e. The lowest BCUT2D eigenvalue weighted by molar-refractivity contribution is -0.119. The minimum Gasteiger partial charge on any atom is -0.494 e.